The quantitative estimate of drug-likeness (QED) is 0.786. The first-order valence-corrected chi connectivity index (χ1v) is 5.53. The maximum Gasteiger partial charge on any atom is 0.123 e. The lowest BCUT2D eigenvalue weighted by molar-refractivity contribution is 0.218. The number of hydrogen-bond acceptors (Lipinski definition) is 2. The normalized spacial score (nSPS) is 29.9. The van der Waals surface area contributed by atoms with E-state index in [0.29, 0.717) is 12.1 Å². The minimum absolute atomic E-state index is 0.150. The molecule has 1 N–H and O–H groups in total. The summed E-state index contributed by atoms with van der Waals surface area (Å²) < 4.78 is 12.7. The van der Waals surface area contributed by atoms with Gasteiger partial charge >= 0.3 is 0 Å². The molecule has 1 aromatic rings. The molecule has 2 aliphatic rings. The fourth-order valence-corrected chi connectivity index (χ4v) is 2.67. The second-order valence-electron chi connectivity index (χ2n) is 4.55. The molecular weight excluding hydrogens is 191 g/mol. The van der Waals surface area contributed by atoms with Crippen molar-refractivity contribution in [3.05, 3.63) is 35.6 Å². The van der Waals surface area contributed by atoms with Gasteiger partial charge in [-0.1, -0.05) is 12.1 Å². The van der Waals surface area contributed by atoms with E-state index in [1.165, 1.54) is 12.0 Å². The molecule has 3 rings (SSSR count). The van der Waals surface area contributed by atoms with Crippen LogP contribution in [0.4, 0.5) is 4.39 Å². The van der Waals surface area contributed by atoms with E-state index in [0.717, 1.165) is 19.6 Å². The van der Waals surface area contributed by atoms with E-state index in [4.69, 9.17) is 0 Å². The zero-order valence-electron chi connectivity index (χ0n) is 8.62. The van der Waals surface area contributed by atoms with Gasteiger partial charge in [0.25, 0.3) is 0 Å². The molecule has 2 unspecified atom stereocenters. The van der Waals surface area contributed by atoms with Crippen LogP contribution < -0.4 is 5.32 Å². The fraction of sp³-hybridized carbons (Fsp3) is 0.500. The van der Waals surface area contributed by atoms with E-state index in [2.05, 4.69) is 10.2 Å². The first kappa shape index (κ1) is 9.31. The molecule has 2 heterocycles. The van der Waals surface area contributed by atoms with Gasteiger partial charge in [-0.2, -0.15) is 0 Å². The van der Waals surface area contributed by atoms with Crippen LogP contribution >= 0.6 is 0 Å². The Bertz CT molecular complexity index is 349. The summed E-state index contributed by atoms with van der Waals surface area (Å²) in [4.78, 5) is 2.49. The van der Waals surface area contributed by atoms with Crippen LogP contribution in [0, 0.1) is 5.82 Å². The summed E-state index contributed by atoms with van der Waals surface area (Å²) in [7, 11) is 0. The SMILES string of the molecule is Fc1ccc(CN2CC3CC2CN3)cc1. The number of nitrogens with one attached hydrogen (secondary N) is 1. The zero-order valence-corrected chi connectivity index (χ0v) is 8.62. The topological polar surface area (TPSA) is 15.3 Å². The Morgan fingerprint density at radius 1 is 1.33 bits per heavy atom. The van der Waals surface area contributed by atoms with Gasteiger partial charge in [0, 0.05) is 31.7 Å². The molecule has 80 valence electrons. The first-order chi connectivity index (χ1) is 7.31. The van der Waals surface area contributed by atoms with E-state index in [9.17, 15) is 4.39 Å². The molecule has 2 aliphatic heterocycles. The predicted octanol–water partition coefficient (Wildman–Crippen LogP) is 1.37. The second-order valence-corrected chi connectivity index (χ2v) is 4.55. The van der Waals surface area contributed by atoms with E-state index >= 15 is 0 Å². The maximum atomic E-state index is 12.7. The van der Waals surface area contributed by atoms with Gasteiger partial charge in [-0.05, 0) is 24.1 Å². The van der Waals surface area contributed by atoms with Crippen molar-refractivity contribution in [1.29, 1.82) is 0 Å². The molecular formula is C12H15FN2. The Morgan fingerprint density at radius 3 is 2.73 bits per heavy atom. The number of halogens is 1. The summed E-state index contributed by atoms with van der Waals surface area (Å²) in [6, 6.07) is 8.24. The number of fused-ring (bicyclic) bond motifs is 2. The molecule has 0 amide bonds. The Hall–Kier alpha value is -0.930. The smallest absolute Gasteiger partial charge is 0.123 e. The van der Waals surface area contributed by atoms with Crippen molar-refractivity contribution < 1.29 is 4.39 Å². The summed E-state index contributed by atoms with van der Waals surface area (Å²) >= 11 is 0. The molecule has 15 heavy (non-hydrogen) atoms. The summed E-state index contributed by atoms with van der Waals surface area (Å²) in [6.45, 7) is 3.22. The molecule has 0 saturated carbocycles. The van der Waals surface area contributed by atoms with Crippen molar-refractivity contribution in [3.63, 3.8) is 0 Å². The van der Waals surface area contributed by atoms with Crippen LogP contribution in [0.3, 0.4) is 0 Å². The number of piperazine rings is 1. The molecule has 0 aliphatic carbocycles. The lowest BCUT2D eigenvalue weighted by Crippen LogP contribution is -2.42. The van der Waals surface area contributed by atoms with Gasteiger partial charge in [-0.3, -0.25) is 4.90 Å². The Morgan fingerprint density at radius 2 is 2.13 bits per heavy atom. The number of rotatable bonds is 2. The van der Waals surface area contributed by atoms with Crippen LogP contribution in [0.1, 0.15) is 12.0 Å². The van der Waals surface area contributed by atoms with Gasteiger partial charge in [-0.25, -0.2) is 4.39 Å². The van der Waals surface area contributed by atoms with Gasteiger partial charge in [0.15, 0.2) is 0 Å². The summed E-state index contributed by atoms with van der Waals surface area (Å²) in [5.74, 6) is -0.150. The van der Waals surface area contributed by atoms with Crippen LogP contribution in [0.5, 0.6) is 0 Å². The highest BCUT2D eigenvalue weighted by molar-refractivity contribution is 5.16. The van der Waals surface area contributed by atoms with Crippen molar-refractivity contribution in [2.75, 3.05) is 13.1 Å². The van der Waals surface area contributed by atoms with Crippen molar-refractivity contribution in [2.24, 2.45) is 0 Å². The molecule has 0 aromatic heterocycles. The monoisotopic (exact) mass is 206 g/mol. The number of likely N-dealkylation sites (tertiary alicyclic amines) is 1. The molecule has 2 saturated heterocycles. The first-order valence-electron chi connectivity index (χ1n) is 5.53. The highest BCUT2D eigenvalue weighted by Gasteiger charge is 2.37. The molecule has 1 aromatic carbocycles. The van der Waals surface area contributed by atoms with Crippen molar-refractivity contribution in [3.8, 4) is 0 Å². The van der Waals surface area contributed by atoms with Crippen LogP contribution in [-0.2, 0) is 6.54 Å². The number of hydrogen-bond donors (Lipinski definition) is 1. The van der Waals surface area contributed by atoms with Crippen molar-refractivity contribution in [1.82, 2.24) is 10.2 Å². The second kappa shape index (κ2) is 3.58. The highest BCUT2D eigenvalue weighted by Crippen LogP contribution is 2.24. The van der Waals surface area contributed by atoms with Crippen LogP contribution in [0.2, 0.25) is 0 Å². The fourth-order valence-electron chi connectivity index (χ4n) is 2.67. The molecule has 3 heteroatoms. The summed E-state index contributed by atoms with van der Waals surface area (Å²) in [6.07, 6.45) is 1.28. The molecule has 0 spiro atoms. The Labute approximate surface area is 89.1 Å². The van der Waals surface area contributed by atoms with Crippen molar-refractivity contribution >= 4 is 0 Å². The van der Waals surface area contributed by atoms with Crippen LogP contribution in [-0.4, -0.2) is 30.1 Å². The summed E-state index contributed by atoms with van der Waals surface area (Å²) in [5, 5.41) is 3.48. The van der Waals surface area contributed by atoms with Gasteiger partial charge in [0.05, 0.1) is 0 Å². The minimum Gasteiger partial charge on any atom is -0.311 e. The average Bonchev–Trinajstić information content (AvgIpc) is 2.83. The Balaban J connectivity index is 1.68. The third-order valence-corrected chi connectivity index (χ3v) is 3.47. The van der Waals surface area contributed by atoms with Gasteiger partial charge < -0.3 is 5.32 Å². The maximum absolute atomic E-state index is 12.7. The van der Waals surface area contributed by atoms with Gasteiger partial charge in [-0.15, -0.1) is 0 Å². The molecule has 2 fully saturated rings. The predicted molar refractivity (Wildman–Crippen MR) is 57.0 cm³/mol. The van der Waals surface area contributed by atoms with Crippen molar-refractivity contribution in [2.45, 2.75) is 25.0 Å². The lowest BCUT2D eigenvalue weighted by atomic mass is 10.2. The standard InChI is InChI=1S/C12H15FN2/c13-10-3-1-9(2-4-10)7-15-8-11-5-12(15)6-14-11/h1-4,11-12,14H,5-8H2. The minimum atomic E-state index is -0.150. The van der Waals surface area contributed by atoms with Crippen LogP contribution in [0.25, 0.3) is 0 Å². The third kappa shape index (κ3) is 1.77. The van der Waals surface area contributed by atoms with Gasteiger partial charge in [0.2, 0.25) is 0 Å². The van der Waals surface area contributed by atoms with E-state index in [-0.39, 0.29) is 5.82 Å². The van der Waals surface area contributed by atoms with Gasteiger partial charge in [0.1, 0.15) is 5.82 Å². The molecule has 2 nitrogen and oxygen atoms in total. The largest absolute Gasteiger partial charge is 0.311 e. The van der Waals surface area contributed by atoms with Crippen LogP contribution in [0.15, 0.2) is 24.3 Å². The molecule has 2 bridgehead atoms. The van der Waals surface area contributed by atoms with E-state index in [1.54, 1.807) is 12.1 Å². The average molecular weight is 206 g/mol. The Kier molecular flexibility index (Phi) is 2.22. The lowest BCUT2D eigenvalue weighted by Gasteiger charge is -2.27. The summed E-state index contributed by atoms with van der Waals surface area (Å²) in [5.41, 5.74) is 1.21. The third-order valence-electron chi connectivity index (χ3n) is 3.47. The molecule has 0 radical (unpaired) electrons. The zero-order chi connectivity index (χ0) is 10.3. The highest BCUT2D eigenvalue weighted by atomic mass is 19.1. The number of nitrogens with zero attached hydrogens (tertiary/aromatic N) is 1. The van der Waals surface area contributed by atoms with E-state index < -0.39 is 0 Å². The molecule has 2 atom stereocenters. The van der Waals surface area contributed by atoms with E-state index in [1.807, 2.05) is 12.1 Å². The number of benzene rings is 1.